The van der Waals surface area contributed by atoms with Gasteiger partial charge < -0.3 is 10.2 Å². The lowest BCUT2D eigenvalue weighted by atomic mass is 10.2. The average molecular weight is 374 g/mol. The third kappa shape index (κ3) is 4.99. The molecule has 0 unspecified atom stereocenters. The molecule has 3 rings (SSSR count). The van der Waals surface area contributed by atoms with E-state index in [0.717, 1.165) is 19.6 Å². The fourth-order valence-electron chi connectivity index (χ4n) is 2.73. The lowest BCUT2D eigenvalue weighted by molar-refractivity contribution is -0.117. The van der Waals surface area contributed by atoms with E-state index in [4.69, 9.17) is 0 Å². The van der Waals surface area contributed by atoms with E-state index in [0.29, 0.717) is 18.2 Å². The minimum atomic E-state index is -0.645. The SMILES string of the molecule is C[C@@H](NC(=O)N1CCN(Cc2ccccc2)CC1)C(=O)Nc1nncs1. The van der Waals surface area contributed by atoms with Crippen LogP contribution >= 0.6 is 11.3 Å². The number of carbonyl (C=O) groups excluding carboxylic acids is 2. The van der Waals surface area contributed by atoms with Crippen LogP contribution in [0.25, 0.3) is 0 Å². The standard InChI is InChI=1S/C17H22N6O2S/c1-13(15(24)20-16-21-18-12-26-16)19-17(25)23-9-7-22(8-10-23)11-14-5-3-2-4-6-14/h2-6,12-13H,7-11H2,1H3,(H,19,25)(H,20,21,24)/t13-/m1/s1. The van der Waals surface area contributed by atoms with Gasteiger partial charge in [-0.3, -0.25) is 15.0 Å². The summed E-state index contributed by atoms with van der Waals surface area (Å²) < 4.78 is 0. The summed E-state index contributed by atoms with van der Waals surface area (Å²) in [6, 6.07) is 9.43. The van der Waals surface area contributed by atoms with Crippen molar-refractivity contribution in [2.24, 2.45) is 0 Å². The van der Waals surface area contributed by atoms with Gasteiger partial charge in [0.1, 0.15) is 11.6 Å². The molecule has 1 fully saturated rings. The highest BCUT2D eigenvalue weighted by Gasteiger charge is 2.24. The number of anilines is 1. The Hall–Kier alpha value is -2.52. The van der Waals surface area contributed by atoms with E-state index in [1.807, 2.05) is 18.2 Å². The summed E-state index contributed by atoms with van der Waals surface area (Å²) >= 11 is 1.23. The van der Waals surface area contributed by atoms with Crippen LogP contribution in [0, 0.1) is 0 Å². The van der Waals surface area contributed by atoms with Crippen LogP contribution in [0.4, 0.5) is 9.93 Å². The Morgan fingerprint density at radius 3 is 2.58 bits per heavy atom. The fourth-order valence-corrected chi connectivity index (χ4v) is 3.18. The quantitative estimate of drug-likeness (QED) is 0.825. The van der Waals surface area contributed by atoms with Gasteiger partial charge in [-0.1, -0.05) is 41.7 Å². The molecular weight excluding hydrogens is 352 g/mol. The summed E-state index contributed by atoms with van der Waals surface area (Å²) in [6.07, 6.45) is 0. The Labute approximate surface area is 156 Å². The zero-order valence-electron chi connectivity index (χ0n) is 14.6. The summed E-state index contributed by atoms with van der Waals surface area (Å²) in [7, 11) is 0. The van der Waals surface area contributed by atoms with Crippen LogP contribution in [0.3, 0.4) is 0 Å². The van der Waals surface area contributed by atoms with Crippen LogP contribution in [0.5, 0.6) is 0 Å². The van der Waals surface area contributed by atoms with Gasteiger partial charge in [-0.05, 0) is 12.5 Å². The lowest BCUT2D eigenvalue weighted by Crippen LogP contribution is -2.54. The van der Waals surface area contributed by atoms with Crippen molar-refractivity contribution < 1.29 is 9.59 Å². The molecule has 0 radical (unpaired) electrons. The third-order valence-corrected chi connectivity index (χ3v) is 4.84. The van der Waals surface area contributed by atoms with Gasteiger partial charge in [0.2, 0.25) is 11.0 Å². The number of hydrogen-bond donors (Lipinski definition) is 2. The van der Waals surface area contributed by atoms with Crippen molar-refractivity contribution in [1.82, 2.24) is 25.3 Å². The Bertz CT molecular complexity index is 716. The van der Waals surface area contributed by atoms with Gasteiger partial charge in [-0.2, -0.15) is 0 Å². The van der Waals surface area contributed by atoms with E-state index in [1.54, 1.807) is 11.8 Å². The number of benzene rings is 1. The van der Waals surface area contributed by atoms with Gasteiger partial charge >= 0.3 is 6.03 Å². The normalized spacial score (nSPS) is 16.1. The third-order valence-electron chi connectivity index (χ3n) is 4.23. The summed E-state index contributed by atoms with van der Waals surface area (Å²) in [6.45, 7) is 5.45. The summed E-state index contributed by atoms with van der Waals surface area (Å²) in [4.78, 5) is 28.5. The van der Waals surface area contributed by atoms with Gasteiger partial charge in [0, 0.05) is 32.7 Å². The van der Waals surface area contributed by atoms with Crippen LogP contribution < -0.4 is 10.6 Å². The summed E-state index contributed by atoms with van der Waals surface area (Å²) in [5.74, 6) is -0.308. The predicted molar refractivity (Wildman–Crippen MR) is 99.8 cm³/mol. The van der Waals surface area contributed by atoms with Crippen LogP contribution in [0.15, 0.2) is 35.8 Å². The number of amides is 3. The predicted octanol–water partition coefficient (Wildman–Crippen LogP) is 1.39. The number of nitrogens with zero attached hydrogens (tertiary/aromatic N) is 4. The molecular formula is C17H22N6O2S. The first kappa shape index (κ1) is 18.3. The van der Waals surface area contributed by atoms with E-state index in [-0.39, 0.29) is 11.9 Å². The topological polar surface area (TPSA) is 90.5 Å². The molecule has 0 spiro atoms. The van der Waals surface area contributed by atoms with Crippen molar-refractivity contribution in [3.8, 4) is 0 Å². The average Bonchev–Trinajstić information content (AvgIpc) is 3.16. The molecule has 2 N–H and O–H groups in total. The molecule has 26 heavy (non-hydrogen) atoms. The first-order valence-electron chi connectivity index (χ1n) is 8.50. The maximum atomic E-state index is 12.4. The van der Waals surface area contributed by atoms with Gasteiger partial charge in [-0.25, -0.2) is 4.79 Å². The van der Waals surface area contributed by atoms with Gasteiger partial charge in [0.25, 0.3) is 0 Å². The van der Waals surface area contributed by atoms with Crippen molar-refractivity contribution in [2.75, 3.05) is 31.5 Å². The van der Waals surface area contributed by atoms with Crippen LogP contribution in [0.2, 0.25) is 0 Å². The van der Waals surface area contributed by atoms with Crippen molar-refractivity contribution in [3.05, 3.63) is 41.4 Å². The highest BCUT2D eigenvalue weighted by molar-refractivity contribution is 7.13. The largest absolute Gasteiger partial charge is 0.326 e. The number of piperazine rings is 1. The van der Waals surface area contributed by atoms with Gasteiger partial charge in [0.05, 0.1) is 0 Å². The zero-order chi connectivity index (χ0) is 18.4. The highest BCUT2D eigenvalue weighted by atomic mass is 32.1. The van der Waals surface area contributed by atoms with E-state index in [1.165, 1.54) is 22.4 Å². The first-order chi connectivity index (χ1) is 12.6. The first-order valence-corrected chi connectivity index (χ1v) is 9.38. The Morgan fingerprint density at radius 1 is 1.19 bits per heavy atom. The van der Waals surface area contributed by atoms with Gasteiger partial charge in [0.15, 0.2) is 0 Å². The minimum absolute atomic E-state index is 0.218. The fraction of sp³-hybridized carbons (Fsp3) is 0.412. The second kappa shape index (κ2) is 8.72. The zero-order valence-corrected chi connectivity index (χ0v) is 15.4. The van der Waals surface area contributed by atoms with E-state index >= 15 is 0 Å². The lowest BCUT2D eigenvalue weighted by Gasteiger charge is -2.35. The molecule has 1 aromatic heterocycles. The second-order valence-electron chi connectivity index (χ2n) is 6.15. The van der Waals surface area contributed by atoms with Crippen molar-refractivity contribution in [1.29, 1.82) is 0 Å². The molecule has 3 amide bonds. The molecule has 2 heterocycles. The number of carbonyl (C=O) groups is 2. The molecule has 1 aliphatic heterocycles. The summed E-state index contributed by atoms with van der Waals surface area (Å²) in [5, 5.41) is 13.2. The molecule has 1 saturated heterocycles. The monoisotopic (exact) mass is 374 g/mol. The molecule has 1 aliphatic rings. The maximum absolute atomic E-state index is 12.4. The number of nitrogens with one attached hydrogen (secondary N) is 2. The number of hydrogen-bond acceptors (Lipinski definition) is 6. The second-order valence-corrected chi connectivity index (χ2v) is 6.99. The Kier molecular flexibility index (Phi) is 6.13. The van der Waals surface area contributed by atoms with E-state index in [9.17, 15) is 9.59 Å². The van der Waals surface area contributed by atoms with Crippen molar-refractivity contribution in [2.45, 2.75) is 19.5 Å². The van der Waals surface area contributed by atoms with Crippen LogP contribution in [-0.4, -0.2) is 64.2 Å². The molecule has 0 bridgehead atoms. The molecule has 2 aromatic rings. The molecule has 9 heteroatoms. The molecule has 0 saturated carbocycles. The molecule has 138 valence electrons. The van der Waals surface area contributed by atoms with Crippen LogP contribution in [0.1, 0.15) is 12.5 Å². The van der Waals surface area contributed by atoms with Gasteiger partial charge in [-0.15, -0.1) is 10.2 Å². The number of urea groups is 1. The molecule has 1 aromatic carbocycles. The maximum Gasteiger partial charge on any atom is 0.318 e. The van der Waals surface area contributed by atoms with Crippen molar-refractivity contribution >= 4 is 28.4 Å². The minimum Gasteiger partial charge on any atom is -0.326 e. The smallest absolute Gasteiger partial charge is 0.318 e. The number of aromatic nitrogens is 2. The molecule has 8 nitrogen and oxygen atoms in total. The van der Waals surface area contributed by atoms with E-state index < -0.39 is 6.04 Å². The highest BCUT2D eigenvalue weighted by Crippen LogP contribution is 2.10. The van der Waals surface area contributed by atoms with Crippen LogP contribution in [-0.2, 0) is 11.3 Å². The van der Waals surface area contributed by atoms with E-state index in [2.05, 4.69) is 37.9 Å². The summed E-state index contributed by atoms with van der Waals surface area (Å²) in [5.41, 5.74) is 2.81. The van der Waals surface area contributed by atoms with Crippen molar-refractivity contribution in [3.63, 3.8) is 0 Å². The Balaban J connectivity index is 1.42. The Morgan fingerprint density at radius 2 is 1.92 bits per heavy atom. The number of rotatable bonds is 5. The molecule has 1 atom stereocenters. The molecule has 0 aliphatic carbocycles.